The molecule has 1 aromatic rings. The van der Waals surface area contributed by atoms with Crippen LogP contribution >= 0.6 is 0 Å². The van der Waals surface area contributed by atoms with Gasteiger partial charge in [-0.25, -0.2) is 0 Å². The summed E-state index contributed by atoms with van der Waals surface area (Å²) in [5.74, 6) is 5.59. The Balaban J connectivity index is 2.51. The topological polar surface area (TPSA) is 96.9 Å². The second kappa shape index (κ2) is 3.62. The molecule has 0 bridgehead atoms. The van der Waals surface area contributed by atoms with E-state index in [2.05, 4.69) is 4.84 Å². The highest BCUT2D eigenvalue weighted by Crippen LogP contribution is 2.40. The van der Waals surface area contributed by atoms with Crippen LogP contribution in [-0.4, -0.2) is 18.1 Å². The van der Waals surface area contributed by atoms with E-state index in [4.69, 9.17) is 15.4 Å². The first-order chi connectivity index (χ1) is 7.22. The lowest BCUT2D eigenvalue weighted by Gasteiger charge is -2.18. The van der Waals surface area contributed by atoms with Crippen molar-refractivity contribution in [1.29, 1.82) is 0 Å². The molecule has 0 aliphatic carbocycles. The van der Waals surface area contributed by atoms with E-state index in [1.807, 2.05) is 0 Å². The molecular weight excluding hydrogens is 204 g/mol. The zero-order valence-corrected chi connectivity index (χ0v) is 7.63. The van der Waals surface area contributed by atoms with Gasteiger partial charge in [-0.2, -0.15) is 5.90 Å². The Bertz CT molecular complexity index is 406. The molecule has 0 saturated carbocycles. The molecule has 80 valence electrons. The van der Waals surface area contributed by atoms with Gasteiger partial charge in [0, 0.05) is 6.07 Å². The zero-order chi connectivity index (χ0) is 10.8. The molecule has 2 N–H and O–H groups in total. The van der Waals surface area contributed by atoms with E-state index in [0.29, 0.717) is 24.7 Å². The molecule has 0 amide bonds. The second-order valence-electron chi connectivity index (χ2n) is 2.84. The SMILES string of the molecule is NOc1cc2c(cc1[N+](=O)[O-])OCCO2. The third-order valence-corrected chi connectivity index (χ3v) is 1.95. The number of hydrogen-bond donors (Lipinski definition) is 1. The molecule has 0 fully saturated rings. The predicted octanol–water partition coefficient (Wildman–Crippen LogP) is 0.618. The Morgan fingerprint density at radius 1 is 1.33 bits per heavy atom. The lowest BCUT2D eigenvalue weighted by molar-refractivity contribution is -0.386. The summed E-state index contributed by atoms with van der Waals surface area (Å²) < 4.78 is 10.4. The maximum absolute atomic E-state index is 10.6. The predicted molar refractivity (Wildman–Crippen MR) is 48.9 cm³/mol. The summed E-state index contributed by atoms with van der Waals surface area (Å²) in [4.78, 5) is 14.4. The van der Waals surface area contributed by atoms with Gasteiger partial charge in [0.2, 0.25) is 5.75 Å². The van der Waals surface area contributed by atoms with Crippen molar-refractivity contribution >= 4 is 5.69 Å². The van der Waals surface area contributed by atoms with Gasteiger partial charge in [0.1, 0.15) is 13.2 Å². The van der Waals surface area contributed by atoms with Gasteiger partial charge in [0.05, 0.1) is 11.0 Å². The molecule has 7 heteroatoms. The number of ether oxygens (including phenoxy) is 2. The number of nitro benzene ring substituents is 1. The highest BCUT2D eigenvalue weighted by atomic mass is 16.6. The summed E-state index contributed by atoms with van der Waals surface area (Å²) in [6.45, 7) is 0.766. The Morgan fingerprint density at radius 3 is 2.47 bits per heavy atom. The number of nitrogens with two attached hydrogens (primary N) is 1. The van der Waals surface area contributed by atoms with E-state index in [0.717, 1.165) is 0 Å². The maximum Gasteiger partial charge on any atom is 0.317 e. The largest absolute Gasteiger partial charge is 0.486 e. The number of nitrogens with zero attached hydrogens (tertiary/aromatic N) is 1. The van der Waals surface area contributed by atoms with Crippen molar-refractivity contribution in [2.24, 2.45) is 5.90 Å². The first-order valence-electron chi connectivity index (χ1n) is 4.17. The molecule has 1 heterocycles. The summed E-state index contributed by atoms with van der Waals surface area (Å²) in [5.41, 5.74) is -0.248. The quantitative estimate of drug-likeness (QED) is 0.570. The minimum atomic E-state index is -0.597. The lowest BCUT2D eigenvalue weighted by Crippen LogP contribution is -2.16. The summed E-state index contributed by atoms with van der Waals surface area (Å²) in [6, 6.07) is 2.57. The minimum Gasteiger partial charge on any atom is -0.486 e. The molecule has 0 aromatic heterocycles. The fourth-order valence-corrected chi connectivity index (χ4v) is 1.30. The van der Waals surface area contributed by atoms with Crippen molar-refractivity contribution < 1.29 is 19.2 Å². The molecule has 0 unspecified atom stereocenters. The van der Waals surface area contributed by atoms with Crippen LogP contribution < -0.4 is 20.2 Å². The highest BCUT2D eigenvalue weighted by Gasteiger charge is 2.23. The van der Waals surface area contributed by atoms with Gasteiger partial charge < -0.3 is 14.3 Å². The first-order valence-corrected chi connectivity index (χ1v) is 4.17. The number of hydrogen-bond acceptors (Lipinski definition) is 6. The fourth-order valence-electron chi connectivity index (χ4n) is 1.30. The van der Waals surface area contributed by atoms with E-state index < -0.39 is 4.92 Å². The maximum atomic E-state index is 10.6. The minimum absolute atomic E-state index is 0.0516. The molecule has 15 heavy (non-hydrogen) atoms. The zero-order valence-electron chi connectivity index (χ0n) is 7.63. The average Bonchev–Trinajstić information content (AvgIpc) is 2.27. The molecule has 2 rings (SSSR count). The highest BCUT2D eigenvalue weighted by molar-refractivity contribution is 5.58. The van der Waals surface area contributed by atoms with Crippen LogP contribution in [0.2, 0.25) is 0 Å². The van der Waals surface area contributed by atoms with Crippen LogP contribution in [0.15, 0.2) is 12.1 Å². The summed E-state index contributed by atoms with van der Waals surface area (Å²) in [6.07, 6.45) is 0. The summed E-state index contributed by atoms with van der Waals surface area (Å²) in [7, 11) is 0. The number of benzene rings is 1. The van der Waals surface area contributed by atoms with Gasteiger partial charge >= 0.3 is 5.69 Å². The van der Waals surface area contributed by atoms with Crippen LogP contribution in [0.4, 0.5) is 5.69 Å². The van der Waals surface area contributed by atoms with Gasteiger partial charge in [-0.05, 0) is 0 Å². The van der Waals surface area contributed by atoms with Crippen molar-refractivity contribution in [3.63, 3.8) is 0 Å². The van der Waals surface area contributed by atoms with Gasteiger partial charge in [0.25, 0.3) is 0 Å². The third-order valence-electron chi connectivity index (χ3n) is 1.95. The first kappa shape index (κ1) is 9.53. The summed E-state index contributed by atoms with van der Waals surface area (Å²) >= 11 is 0. The Hall–Kier alpha value is -2.02. The molecule has 1 aliphatic heterocycles. The molecule has 7 nitrogen and oxygen atoms in total. The number of nitro groups is 1. The van der Waals surface area contributed by atoms with Crippen molar-refractivity contribution in [2.45, 2.75) is 0 Å². The third kappa shape index (κ3) is 1.64. The van der Waals surface area contributed by atoms with E-state index in [-0.39, 0.29) is 11.4 Å². The van der Waals surface area contributed by atoms with E-state index in [9.17, 15) is 10.1 Å². The van der Waals surface area contributed by atoms with Crippen LogP contribution in [-0.2, 0) is 0 Å². The normalized spacial score (nSPS) is 13.4. The fraction of sp³-hybridized carbons (Fsp3) is 0.250. The van der Waals surface area contributed by atoms with Gasteiger partial charge in [0.15, 0.2) is 11.5 Å². The number of rotatable bonds is 2. The van der Waals surface area contributed by atoms with Gasteiger partial charge in [-0.15, -0.1) is 0 Å². The summed E-state index contributed by atoms with van der Waals surface area (Å²) in [5, 5.41) is 10.6. The second-order valence-corrected chi connectivity index (χ2v) is 2.84. The molecule has 1 aromatic carbocycles. The van der Waals surface area contributed by atoms with E-state index >= 15 is 0 Å². The molecule has 1 aliphatic rings. The molecule has 0 atom stereocenters. The number of fused-ring (bicyclic) bond motifs is 1. The van der Waals surface area contributed by atoms with Crippen LogP contribution in [0.3, 0.4) is 0 Å². The van der Waals surface area contributed by atoms with Gasteiger partial charge in [-0.3, -0.25) is 10.1 Å². The smallest absolute Gasteiger partial charge is 0.317 e. The Kier molecular flexibility index (Phi) is 2.30. The van der Waals surface area contributed by atoms with Crippen LogP contribution in [0.1, 0.15) is 0 Å². The standard InChI is InChI=1S/C8H8N2O5/c9-15-6-4-8-7(13-1-2-14-8)3-5(6)10(11)12/h3-4H,1-2,9H2. The lowest BCUT2D eigenvalue weighted by atomic mass is 10.2. The van der Waals surface area contributed by atoms with E-state index in [1.165, 1.54) is 12.1 Å². The molecule has 0 radical (unpaired) electrons. The van der Waals surface area contributed by atoms with Crippen LogP contribution in [0, 0.1) is 10.1 Å². The average molecular weight is 212 g/mol. The monoisotopic (exact) mass is 212 g/mol. The molecule has 0 saturated heterocycles. The van der Waals surface area contributed by atoms with Crippen LogP contribution in [0.5, 0.6) is 17.2 Å². The van der Waals surface area contributed by atoms with Crippen LogP contribution in [0.25, 0.3) is 0 Å². The molecule has 0 spiro atoms. The van der Waals surface area contributed by atoms with Gasteiger partial charge in [-0.1, -0.05) is 0 Å². The van der Waals surface area contributed by atoms with E-state index in [1.54, 1.807) is 0 Å². The Morgan fingerprint density at radius 2 is 1.93 bits per heavy atom. The van der Waals surface area contributed by atoms with Crippen molar-refractivity contribution in [1.82, 2.24) is 0 Å². The van der Waals surface area contributed by atoms with Crippen molar-refractivity contribution in [3.05, 3.63) is 22.2 Å². The Labute approximate surface area is 84.4 Å². The van der Waals surface area contributed by atoms with Crippen molar-refractivity contribution in [3.8, 4) is 17.2 Å². The molecular formula is C8H8N2O5. The van der Waals surface area contributed by atoms with Crippen molar-refractivity contribution in [2.75, 3.05) is 13.2 Å².